The molecule has 0 aliphatic rings. The van der Waals surface area contributed by atoms with Gasteiger partial charge in [0.2, 0.25) is 0 Å². The van der Waals surface area contributed by atoms with Gasteiger partial charge in [-0.3, -0.25) is 0 Å². The van der Waals surface area contributed by atoms with Crippen LogP contribution in [0.5, 0.6) is 0 Å². The van der Waals surface area contributed by atoms with Crippen LogP contribution in [-0.4, -0.2) is 13.1 Å². The van der Waals surface area contributed by atoms with Crippen molar-refractivity contribution < 1.29 is 9.53 Å². The van der Waals surface area contributed by atoms with Crippen molar-refractivity contribution in [1.29, 1.82) is 0 Å². The third-order valence-corrected chi connectivity index (χ3v) is 3.94. The highest BCUT2D eigenvalue weighted by molar-refractivity contribution is 9.10. The standard InChI is InChI=1S/C16H16BrNO2/c1-11-13(16(19)20-2)7-5-9-15(11)18-10-12-6-3-4-8-14(12)17/h3-9,18H,10H2,1-2H3. The van der Waals surface area contributed by atoms with Crippen molar-refractivity contribution in [1.82, 2.24) is 0 Å². The zero-order valence-corrected chi connectivity index (χ0v) is 13.0. The fourth-order valence-corrected chi connectivity index (χ4v) is 2.42. The lowest BCUT2D eigenvalue weighted by molar-refractivity contribution is 0.0600. The van der Waals surface area contributed by atoms with Gasteiger partial charge in [-0.1, -0.05) is 40.2 Å². The summed E-state index contributed by atoms with van der Waals surface area (Å²) in [6.45, 7) is 2.60. The molecule has 0 aliphatic carbocycles. The summed E-state index contributed by atoms with van der Waals surface area (Å²) >= 11 is 3.52. The second-order valence-electron chi connectivity index (χ2n) is 4.41. The Morgan fingerprint density at radius 3 is 2.65 bits per heavy atom. The molecule has 0 aromatic heterocycles. The van der Waals surface area contributed by atoms with E-state index in [-0.39, 0.29) is 5.97 Å². The summed E-state index contributed by atoms with van der Waals surface area (Å²) in [5.74, 6) is -0.313. The predicted octanol–water partition coefficient (Wildman–Crippen LogP) is 4.16. The fraction of sp³-hybridized carbons (Fsp3) is 0.188. The Bertz CT molecular complexity index is 626. The Morgan fingerprint density at radius 2 is 1.95 bits per heavy atom. The first-order valence-electron chi connectivity index (χ1n) is 6.28. The molecule has 0 saturated heterocycles. The van der Waals surface area contributed by atoms with Gasteiger partial charge < -0.3 is 10.1 Å². The van der Waals surface area contributed by atoms with Gasteiger partial charge in [0.25, 0.3) is 0 Å². The number of halogens is 1. The zero-order valence-electron chi connectivity index (χ0n) is 11.4. The van der Waals surface area contributed by atoms with Crippen LogP contribution in [0.1, 0.15) is 21.5 Å². The minimum Gasteiger partial charge on any atom is -0.465 e. The van der Waals surface area contributed by atoms with Crippen LogP contribution >= 0.6 is 15.9 Å². The van der Waals surface area contributed by atoms with Crippen LogP contribution in [0, 0.1) is 6.92 Å². The van der Waals surface area contributed by atoms with Gasteiger partial charge in [0, 0.05) is 16.7 Å². The number of carbonyl (C=O) groups excluding carboxylic acids is 1. The van der Waals surface area contributed by atoms with Crippen molar-refractivity contribution in [2.75, 3.05) is 12.4 Å². The molecule has 0 unspecified atom stereocenters. The number of methoxy groups -OCH3 is 1. The Morgan fingerprint density at radius 1 is 1.20 bits per heavy atom. The SMILES string of the molecule is COC(=O)c1cccc(NCc2ccccc2Br)c1C. The van der Waals surface area contributed by atoms with Crippen molar-refractivity contribution in [3.05, 3.63) is 63.6 Å². The van der Waals surface area contributed by atoms with Crippen molar-refractivity contribution in [3.63, 3.8) is 0 Å². The lowest BCUT2D eigenvalue weighted by Crippen LogP contribution is -2.07. The lowest BCUT2D eigenvalue weighted by atomic mass is 10.1. The highest BCUT2D eigenvalue weighted by Crippen LogP contribution is 2.22. The van der Waals surface area contributed by atoms with Crippen molar-refractivity contribution in [3.8, 4) is 0 Å². The molecule has 0 fully saturated rings. The average molecular weight is 334 g/mol. The minimum atomic E-state index is -0.313. The van der Waals surface area contributed by atoms with E-state index in [9.17, 15) is 4.79 Å². The molecule has 4 heteroatoms. The molecule has 0 spiro atoms. The maximum atomic E-state index is 11.7. The van der Waals surface area contributed by atoms with Crippen LogP contribution in [-0.2, 0) is 11.3 Å². The Balaban J connectivity index is 2.18. The van der Waals surface area contributed by atoms with Crippen LogP contribution in [0.25, 0.3) is 0 Å². The van der Waals surface area contributed by atoms with E-state index in [1.54, 1.807) is 6.07 Å². The van der Waals surface area contributed by atoms with E-state index in [1.165, 1.54) is 7.11 Å². The summed E-state index contributed by atoms with van der Waals surface area (Å²) in [6.07, 6.45) is 0. The number of esters is 1. The van der Waals surface area contributed by atoms with Gasteiger partial charge in [-0.2, -0.15) is 0 Å². The summed E-state index contributed by atoms with van der Waals surface area (Å²) in [5.41, 5.74) is 3.58. The van der Waals surface area contributed by atoms with Crippen LogP contribution < -0.4 is 5.32 Å². The third-order valence-electron chi connectivity index (χ3n) is 3.17. The summed E-state index contributed by atoms with van der Waals surface area (Å²) in [6, 6.07) is 13.6. The van der Waals surface area contributed by atoms with Crippen LogP contribution in [0.4, 0.5) is 5.69 Å². The Kier molecular flexibility index (Phi) is 4.79. The fourth-order valence-electron chi connectivity index (χ4n) is 1.99. The van der Waals surface area contributed by atoms with Gasteiger partial charge in [-0.25, -0.2) is 4.79 Å². The quantitative estimate of drug-likeness (QED) is 0.854. The molecular formula is C16H16BrNO2. The Labute approximate surface area is 127 Å². The lowest BCUT2D eigenvalue weighted by Gasteiger charge is -2.13. The summed E-state index contributed by atoms with van der Waals surface area (Å²) in [5, 5.41) is 3.35. The molecule has 3 nitrogen and oxygen atoms in total. The van der Waals surface area contributed by atoms with Gasteiger partial charge in [0.15, 0.2) is 0 Å². The highest BCUT2D eigenvalue weighted by atomic mass is 79.9. The topological polar surface area (TPSA) is 38.3 Å². The number of hydrogen-bond acceptors (Lipinski definition) is 3. The predicted molar refractivity (Wildman–Crippen MR) is 84.0 cm³/mol. The molecule has 2 aromatic rings. The molecule has 1 N–H and O–H groups in total. The first-order valence-corrected chi connectivity index (χ1v) is 7.08. The molecule has 2 rings (SSSR count). The monoisotopic (exact) mass is 333 g/mol. The van der Waals surface area contributed by atoms with Crippen LogP contribution in [0.2, 0.25) is 0 Å². The number of benzene rings is 2. The van der Waals surface area contributed by atoms with Gasteiger partial charge in [0.1, 0.15) is 0 Å². The second-order valence-corrected chi connectivity index (χ2v) is 5.27. The van der Waals surface area contributed by atoms with E-state index in [0.29, 0.717) is 12.1 Å². The molecule has 104 valence electrons. The zero-order chi connectivity index (χ0) is 14.5. The van der Waals surface area contributed by atoms with E-state index >= 15 is 0 Å². The van der Waals surface area contributed by atoms with Crippen LogP contribution in [0.15, 0.2) is 46.9 Å². The second kappa shape index (κ2) is 6.57. The van der Waals surface area contributed by atoms with E-state index in [2.05, 4.69) is 27.3 Å². The minimum absolute atomic E-state index is 0.313. The number of rotatable bonds is 4. The van der Waals surface area contributed by atoms with E-state index < -0.39 is 0 Å². The number of carbonyl (C=O) groups is 1. The normalized spacial score (nSPS) is 10.2. The first-order chi connectivity index (χ1) is 9.63. The first kappa shape index (κ1) is 14.6. The molecule has 0 atom stereocenters. The molecule has 20 heavy (non-hydrogen) atoms. The molecule has 0 saturated carbocycles. The van der Waals surface area contributed by atoms with Crippen LogP contribution in [0.3, 0.4) is 0 Å². The molecule has 0 bridgehead atoms. The highest BCUT2D eigenvalue weighted by Gasteiger charge is 2.11. The van der Waals surface area contributed by atoms with Gasteiger partial charge in [-0.15, -0.1) is 0 Å². The summed E-state index contributed by atoms with van der Waals surface area (Å²) < 4.78 is 5.84. The number of anilines is 1. The molecule has 0 radical (unpaired) electrons. The largest absolute Gasteiger partial charge is 0.465 e. The van der Waals surface area contributed by atoms with Crippen molar-refractivity contribution >= 4 is 27.6 Å². The Hall–Kier alpha value is -1.81. The van der Waals surface area contributed by atoms with Crippen molar-refractivity contribution in [2.45, 2.75) is 13.5 Å². The smallest absolute Gasteiger partial charge is 0.338 e. The molecule has 0 amide bonds. The number of ether oxygens (including phenoxy) is 1. The molecular weight excluding hydrogens is 318 g/mol. The van der Waals surface area contributed by atoms with E-state index in [0.717, 1.165) is 21.3 Å². The third kappa shape index (κ3) is 3.20. The van der Waals surface area contributed by atoms with E-state index in [1.807, 2.05) is 37.3 Å². The van der Waals surface area contributed by atoms with E-state index in [4.69, 9.17) is 4.74 Å². The van der Waals surface area contributed by atoms with Gasteiger partial charge in [0.05, 0.1) is 12.7 Å². The maximum absolute atomic E-state index is 11.7. The van der Waals surface area contributed by atoms with Crippen molar-refractivity contribution in [2.24, 2.45) is 0 Å². The molecule has 0 heterocycles. The molecule has 0 aliphatic heterocycles. The maximum Gasteiger partial charge on any atom is 0.338 e. The van der Waals surface area contributed by atoms with Gasteiger partial charge >= 0.3 is 5.97 Å². The molecule has 2 aromatic carbocycles. The van der Waals surface area contributed by atoms with Gasteiger partial charge in [-0.05, 0) is 36.2 Å². The number of nitrogens with one attached hydrogen (secondary N) is 1. The average Bonchev–Trinajstić information content (AvgIpc) is 2.47. The summed E-state index contributed by atoms with van der Waals surface area (Å²) in [4.78, 5) is 11.7. The number of hydrogen-bond donors (Lipinski definition) is 1. The summed E-state index contributed by atoms with van der Waals surface area (Å²) in [7, 11) is 1.39.